The molecule has 2 aliphatic carbocycles. The molecule has 0 amide bonds. The molecule has 0 aromatic carbocycles. The summed E-state index contributed by atoms with van der Waals surface area (Å²) in [7, 11) is 0. The van der Waals surface area contributed by atoms with E-state index in [1.54, 1.807) is 0 Å². The zero-order valence-corrected chi connectivity index (χ0v) is 14.7. The average Bonchev–Trinajstić information content (AvgIpc) is 3.19. The second-order valence-corrected chi connectivity index (χ2v) is 7.81. The molecule has 6 heteroatoms. The molecule has 4 aliphatic rings. The highest BCUT2D eigenvalue weighted by Crippen LogP contribution is 2.65. The van der Waals surface area contributed by atoms with Gasteiger partial charge >= 0.3 is 0 Å². The van der Waals surface area contributed by atoms with Crippen molar-refractivity contribution < 1.29 is 28.8 Å². The van der Waals surface area contributed by atoms with E-state index in [1.807, 2.05) is 27.7 Å². The Morgan fingerprint density at radius 1 is 1.12 bits per heavy atom. The number of rotatable bonds is 4. The third kappa shape index (κ3) is 1.74. The van der Waals surface area contributed by atoms with Crippen LogP contribution in [0.25, 0.3) is 0 Å². The van der Waals surface area contributed by atoms with Gasteiger partial charge in [-0.25, -0.2) is 0 Å². The van der Waals surface area contributed by atoms with Gasteiger partial charge in [-0.05, 0) is 46.5 Å². The minimum Gasteiger partial charge on any atom is -0.488 e. The Labute approximate surface area is 142 Å². The van der Waals surface area contributed by atoms with Gasteiger partial charge in [-0.1, -0.05) is 0 Å². The lowest BCUT2D eigenvalue weighted by atomic mass is 9.80. The largest absolute Gasteiger partial charge is 0.488 e. The summed E-state index contributed by atoms with van der Waals surface area (Å²) in [5.74, 6) is 0.170. The maximum atomic E-state index is 13.2. The van der Waals surface area contributed by atoms with Gasteiger partial charge in [0.1, 0.15) is 6.10 Å². The van der Waals surface area contributed by atoms with Crippen molar-refractivity contribution in [2.75, 3.05) is 13.2 Å². The Morgan fingerprint density at radius 2 is 1.83 bits per heavy atom. The average molecular weight is 338 g/mol. The summed E-state index contributed by atoms with van der Waals surface area (Å²) in [5, 5.41) is 11.6. The molecule has 2 aliphatic heterocycles. The Hall–Kier alpha value is -1.11. The predicted octanol–water partition coefficient (Wildman–Crippen LogP) is 1.56. The molecular weight excluding hydrogens is 312 g/mol. The number of hydrogen-bond donors (Lipinski definition) is 1. The van der Waals surface area contributed by atoms with E-state index in [1.165, 1.54) is 0 Å². The molecule has 0 aromatic rings. The van der Waals surface area contributed by atoms with Crippen LogP contribution in [0.5, 0.6) is 0 Å². The van der Waals surface area contributed by atoms with Crippen molar-refractivity contribution in [2.45, 2.75) is 70.1 Å². The van der Waals surface area contributed by atoms with Gasteiger partial charge in [0, 0.05) is 19.1 Å². The lowest BCUT2D eigenvalue weighted by Gasteiger charge is -2.37. The number of carbonyl (C=O) groups is 1. The topological polar surface area (TPSA) is 74.2 Å². The van der Waals surface area contributed by atoms with Gasteiger partial charge < -0.3 is 24.1 Å². The second kappa shape index (κ2) is 5.19. The predicted molar refractivity (Wildman–Crippen MR) is 84.1 cm³/mol. The summed E-state index contributed by atoms with van der Waals surface area (Å²) in [4.78, 5) is 13.2. The molecular formula is C18H26O6. The van der Waals surface area contributed by atoms with Crippen molar-refractivity contribution in [3.05, 3.63) is 11.5 Å². The van der Waals surface area contributed by atoms with Crippen LogP contribution in [0.3, 0.4) is 0 Å². The summed E-state index contributed by atoms with van der Waals surface area (Å²) in [5.41, 5.74) is -2.90. The van der Waals surface area contributed by atoms with Crippen molar-refractivity contribution in [3.8, 4) is 0 Å². The molecule has 1 saturated carbocycles. The van der Waals surface area contributed by atoms with Gasteiger partial charge in [0.2, 0.25) is 11.5 Å². The molecule has 24 heavy (non-hydrogen) atoms. The molecule has 1 spiro atoms. The second-order valence-electron chi connectivity index (χ2n) is 7.81. The molecule has 2 heterocycles. The number of fused-ring (bicyclic) bond motifs is 3. The van der Waals surface area contributed by atoms with Crippen LogP contribution in [0.15, 0.2) is 11.5 Å². The van der Waals surface area contributed by atoms with Crippen molar-refractivity contribution in [1.82, 2.24) is 0 Å². The molecule has 1 N–H and O–H groups in total. The number of Topliss-reactive ketones (excluding diaryl/α,β-unsaturated/α-hetero) is 1. The minimum absolute atomic E-state index is 0.0148. The number of aliphatic hydroxyl groups is 1. The zero-order chi connectivity index (χ0) is 17.3. The van der Waals surface area contributed by atoms with Crippen LogP contribution >= 0.6 is 0 Å². The number of hydrogen-bond acceptors (Lipinski definition) is 6. The first kappa shape index (κ1) is 16.4. The van der Waals surface area contributed by atoms with Crippen molar-refractivity contribution in [1.29, 1.82) is 0 Å². The molecule has 0 radical (unpaired) electrons. The van der Waals surface area contributed by atoms with Gasteiger partial charge in [-0.15, -0.1) is 0 Å². The van der Waals surface area contributed by atoms with Crippen LogP contribution in [-0.2, 0) is 23.7 Å². The summed E-state index contributed by atoms with van der Waals surface area (Å²) in [6.45, 7) is 8.57. The SMILES string of the molecule is CC(C)OC1=C(OC(C)C)[C@]23OCC[C@H]2[C@@H]2CCO[C@@H]2[C@]3(O)C1=O. The fourth-order valence-corrected chi connectivity index (χ4v) is 5.09. The standard InChI is InChI=1S/C18H26O6/c1-9(2)23-13-14(19)17(20)15-11(5-7-21-15)12-6-8-22-18(12,17)16(13)24-10(3)4/h9-12,15,20H,5-8H2,1-4H3/t11-,12-,15-,17+,18+/m0/s1. The highest BCUT2D eigenvalue weighted by Gasteiger charge is 2.82. The monoisotopic (exact) mass is 338 g/mol. The van der Waals surface area contributed by atoms with Crippen LogP contribution < -0.4 is 0 Å². The minimum atomic E-state index is -1.75. The first-order valence-electron chi connectivity index (χ1n) is 8.94. The summed E-state index contributed by atoms with van der Waals surface area (Å²) in [6.07, 6.45) is 0.732. The summed E-state index contributed by atoms with van der Waals surface area (Å²) >= 11 is 0. The third-order valence-corrected chi connectivity index (χ3v) is 5.72. The van der Waals surface area contributed by atoms with E-state index in [0.717, 1.165) is 12.8 Å². The van der Waals surface area contributed by atoms with Crippen LogP contribution in [-0.4, -0.2) is 53.6 Å². The Morgan fingerprint density at radius 3 is 2.50 bits per heavy atom. The normalized spacial score (nSPS) is 43.6. The Balaban J connectivity index is 1.89. The first-order chi connectivity index (χ1) is 11.3. The Bertz CT molecular complexity index is 596. The van der Waals surface area contributed by atoms with Gasteiger partial charge in [0.05, 0.1) is 12.2 Å². The van der Waals surface area contributed by atoms with E-state index >= 15 is 0 Å². The molecule has 0 unspecified atom stereocenters. The first-order valence-corrected chi connectivity index (χ1v) is 8.94. The molecule has 3 fully saturated rings. The molecule has 5 atom stereocenters. The third-order valence-electron chi connectivity index (χ3n) is 5.72. The van der Waals surface area contributed by atoms with Gasteiger partial charge in [0.15, 0.2) is 17.0 Å². The van der Waals surface area contributed by atoms with E-state index < -0.39 is 23.1 Å². The van der Waals surface area contributed by atoms with E-state index in [4.69, 9.17) is 18.9 Å². The van der Waals surface area contributed by atoms with Crippen LogP contribution in [0.2, 0.25) is 0 Å². The Kier molecular flexibility index (Phi) is 3.54. The molecule has 6 nitrogen and oxygen atoms in total. The molecule has 0 aromatic heterocycles. The smallest absolute Gasteiger partial charge is 0.238 e. The maximum absolute atomic E-state index is 13.2. The van der Waals surface area contributed by atoms with Crippen molar-refractivity contribution in [3.63, 3.8) is 0 Å². The fourth-order valence-electron chi connectivity index (χ4n) is 5.09. The summed E-state index contributed by atoms with van der Waals surface area (Å²) < 4.78 is 23.8. The van der Waals surface area contributed by atoms with Crippen LogP contribution in [0, 0.1) is 11.8 Å². The quantitative estimate of drug-likeness (QED) is 0.838. The molecule has 0 bridgehead atoms. The highest BCUT2D eigenvalue weighted by molar-refractivity contribution is 6.07. The zero-order valence-electron chi connectivity index (χ0n) is 14.7. The number of carbonyl (C=O) groups excluding carboxylic acids is 1. The fraction of sp³-hybridized carbons (Fsp3) is 0.833. The van der Waals surface area contributed by atoms with Gasteiger partial charge in [-0.2, -0.15) is 0 Å². The van der Waals surface area contributed by atoms with Crippen LogP contribution in [0.1, 0.15) is 40.5 Å². The van der Waals surface area contributed by atoms with Crippen LogP contribution in [0.4, 0.5) is 0 Å². The van der Waals surface area contributed by atoms with Gasteiger partial charge in [0.25, 0.3) is 0 Å². The van der Waals surface area contributed by atoms with E-state index in [0.29, 0.717) is 19.0 Å². The van der Waals surface area contributed by atoms with Gasteiger partial charge in [-0.3, -0.25) is 4.79 Å². The van der Waals surface area contributed by atoms with Crippen molar-refractivity contribution in [2.24, 2.45) is 11.8 Å². The summed E-state index contributed by atoms with van der Waals surface area (Å²) in [6, 6.07) is 0. The molecule has 2 saturated heterocycles. The highest BCUT2D eigenvalue weighted by atomic mass is 16.6. The number of ether oxygens (including phenoxy) is 4. The lowest BCUT2D eigenvalue weighted by molar-refractivity contribution is -0.185. The maximum Gasteiger partial charge on any atom is 0.238 e. The van der Waals surface area contributed by atoms with Crippen molar-refractivity contribution >= 4 is 5.78 Å². The molecule has 134 valence electrons. The van der Waals surface area contributed by atoms with E-state index in [9.17, 15) is 9.90 Å². The van der Waals surface area contributed by atoms with E-state index in [2.05, 4.69) is 0 Å². The lowest BCUT2D eigenvalue weighted by Crippen LogP contribution is -2.60. The number of ketones is 1. The van der Waals surface area contributed by atoms with E-state index in [-0.39, 0.29) is 29.8 Å². The molecule has 4 rings (SSSR count).